The number of Topliss-reactive ketones (excluding diaryl/α,β-unsaturated/α-hetero) is 1. The fourth-order valence-corrected chi connectivity index (χ4v) is 3.36. The lowest BCUT2D eigenvalue weighted by Gasteiger charge is -2.11. The van der Waals surface area contributed by atoms with Gasteiger partial charge in [-0.05, 0) is 37.6 Å². The first-order valence-corrected chi connectivity index (χ1v) is 8.96. The molecular formula is C18H17N3O3S. The standard InChI is InChI=1S/C18H17N3O3S/c1-12-3-7-15(8-4-12)21-11-19-20-18(21)25(24)10-17(23)14-6-5-13(2)16(22)9-14/h3-9,11,22H,10H2,1-2H3. The summed E-state index contributed by atoms with van der Waals surface area (Å²) in [4.78, 5) is 12.3. The Morgan fingerprint density at radius 1 is 1.20 bits per heavy atom. The van der Waals surface area contributed by atoms with Crippen molar-refractivity contribution in [2.45, 2.75) is 19.0 Å². The number of phenolic OH excluding ortho intramolecular Hbond substituents is 1. The van der Waals surface area contributed by atoms with Crippen molar-refractivity contribution < 1.29 is 14.5 Å². The van der Waals surface area contributed by atoms with Crippen LogP contribution in [-0.2, 0) is 11.2 Å². The van der Waals surface area contributed by atoms with E-state index >= 15 is 0 Å². The second kappa shape index (κ2) is 7.08. The van der Waals surface area contributed by atoms with Crippen LogP contribution in [0.1, 0.15) is 21.5 Å². The highest BCUT2D eigenvalue weighted by Gasteiger charge is 2.24. The van der Waals surface area contributed by atoms with E-state index in [1.165, 1.54) is 12.4 Å². The molecule has 128 valence electrons. The third-order valence-corrected chi connectivity index (χ3v) is 5.04. The van der Waals surface area contributed by atoms with Gasteiger partial charge in [-0.1, -0.05) is 34.9 Å². The fraction of sp³-hybridized carbons (Fsp3) is 0.167. The third kappa shape index (κ3) is 3.72. The van der Waals surface area contributed by atoms with Crippen molar-refractivity contribution >= 4 is 17.0 Å². The first-order valence-electron chi connectivity index (χ1n) is 7.64. The molecule has 7 heteroatoms. The van der Waals surface area contributed by atoms with Crippen molar-refractivity contribution in [3.63, 3.8) is 0 Å². The number of benzene rings is 2. The zero-order valence-electron chi connectivity index (χ0n) is 13.8. The van der Waals surface area contributed by atoms with Gasteiger partial charge >= 0.3 is 5.16 Å². The molecule has 1 atom stereocenters. The quantitative estimate of drug-likeness (QED) is 0.561. The molecule has 0 aliphatic rings. The van der Waals surface area contributed by atoms with Crippen LogP contribution in [0.3, 0.4) is 0 Å². The minimum atomic E-state index is -1.65. The second-order valence-electron chi connectivity index (χ2n) is 5.73. The third-order valence-electron chi connectivity index (χ3n) is 3.83. The molecule has 1 N–H and O–H groups in total. The van der Waals surface area contributed by atoms with Crippen molar-refractivity contribution in [1.29, 1.82) is 0 Å². The molecule has 1 heterocycles. The van der Waals surface area contributed by atoms with Gasteiger partial charge in [-0.15, -0.1) is 5.10 Å². The lowest BCUT2D eigenvalue weighted by atomic mass is 10.1. The van der Waals surface area contributed by atoms with Gasteiger partial charge in [0.15, 0.2) is 5.75 Å². The summed E-state index contributed by atoms with van der Waals surface area (Å²) in [6.07, 6.45) is 1.47. The lowest BCUT2D eigenvalue weighted by molar-refractivity contribution is 0.102. The van der Waals surface area contributed by atoms with E-state index in [2.05, 4.69) is 10.2 Å². The van der Waals surface area contributed by atoms with E-state index in [4.69, 9.17) is 0 Å². The fourth-order valence-electron chi connectivity index (χ4n) is 2.31. The molecule has 0 amide bonds. The summed E-state index contributed by atoms with van der Waals surface area (Å²) in [7, 11) is 0. The topological polar surface area (TPSA) is 91.1 Å². The summed E-state index contributed by atoms with van der Waals surface area (Å²) in [6, 6.07) is 12.3. The van der Waals surface area contributed by atoms with Crippen molar-refractivity contribution in [3.8, 4) is 11.4 Å². The molecule has 3 aromatic rings. The molecule has 0 bridgehead atoms. The van der Waals surface area contributed by atoms with Crippen LogP contribution in [0, 0.1) is 13.8 Å². The number of rotatable bonds is 5. The van der Waals surface area contributed by atoms with Crippen molar-refractivity contribution in [2.75, 3.05) is 5.75 Å². The number of ketones is 1. The average Bonchev–Trinajstić information content (AvgIpc) is 3.07. The summed E-state index contributed by atoms with van der Waals surface area (Å²) in [5.74, 6) is -0.515. The van der Waals surface area contributed by atoms with Gasteiger partial charge < -0.3 is 9.66 Å². The van der Waals surface area contributed by atoms with Crippen LogP contribution < -0.4 is 0 Å². The predicted molar refractivity (Wildman–Crippen MR) is 94.5 cm³/mol. The van der Waals surface area contributed by atoms with Gasteiger partial charge in [-0.2, -0.15) is 0 Å². The molecular weight excluding hydrogens is 338 g/mol. The molecule has 2 aromatic carbocycles. The summed E-state index contributed by atoms with van der Waals surface area (Å²) in [5.41, 5.74) is 2.88. The van der Waals surface area contributed by atoms with Crippen LogP contribution in [0.15, 0.2) is 53.9 Å². The Morgan fingerprint density at radius 3 is 2.60 bits per heavy atom. The van der Waals surface area contributed by atoms with E-state index < -0.39 is 11.2 Å². The highest BCUT2D eigenvalue weighted by Crippen LogP contribution is 2.20. The van der Waals surface area contributed by atoms with Gasteiger partial charge in [0.05, 0.1) is 5.69 Å². The number of aryl methyl sites for hydroxylation is 2. The first kappa shape index (κ1) is 17.2. The normalized spacial score (nSPS) is 12.1. The van der Waals surface area contributed by atoms with Gasteiger partial charge in [-0.25, -0.2) is 4.57 Å². The number of aromatic nitrogens is 3. The monoisotopic (exact) mass is 355 g/mol. The minimum absolute atomic E-state index is 0.0412. The van der Waals surface area contributed by atoms with E-state index in [9.17, 15) is 14.5 Å². The van der Waals surface area contributed by atoms with Crippen LogP contribution in [0.2, 0.25) is 0 Å². The average molecular weight is 355 g/mol. The smallest absolute Gasteiger partial charge is 0.348 e. The van der Waals surface area contributed by atoms with Gasteiger partial charge in [0.25, 0.3) is 0 Å². The highest BCUT2D eigenvalue weighted by atomic mass is 32.2. The molecule has 25 heavy (non-hydrogen) atoms. The summed E-state index contributed by atoms with van der Waals surface area (Å²) in [6.45, 7) is 3.72. The van der Waals surface area contributed by atoms with Gasteiger partial charge in [0.1, 0.15) is 12.1 Å². The minimum Gasteiger partial charge on any atom is -0.609 e. The van der Waals surface area contributed by atoms with Gasteiger partial charge in [-0.3, -0.25) is 4.79 Å². The Bertz CT molecular complexity index is 906. The lowest BCUT2D eigenvalue weighted by Crippen LogP contribution is -2.20. The number of phenols is 1. The summed E-state index contributed by atoms with van der Waals surface area (Å²) >= 11 is -1.65. The molecule has 1 aromatic heterocycles. The maximum atomic E-state index is 12.6. The van der Waals surface area contributed by atoms with Gasteiger partial charge in [0, 0.05) is 16.7 Å². The largest absolute Gasteiger partial charge is 0.609 e. The zero-order chi connectivity index (χ0) is 18.0. The van der Waals surface area contributed by atoms with E-state index in [-0.39, 0.29) is 22.4 Å². The molecule has 0 fully saturated rings. The maximum Gasteiger partial charge on any atom is 0.348 e. The number of hydrogen-bond donors (Lipinski definition) is 1. The molecule has 0 spiro atoms. The Morgan fingerprint density at radius 2 is 1.92 bits per heavy atom. The van der Waals surface area contributed by atoms with Crippen molar-refractivity contribution in [2.24, 2.45) is 0 Å². The number of carbonyl (C=O) groups is 1. The van der Waals surface area contributed by atoms with Crippen LogP contribution in [-0.4, -0.2) is 36.0 Å². The molecule has 0 aliphatic heterocycles. The Hall–Kier alpha value is -2.64. The molecule has 1 unspecified atom stereocenters. The zero-order valence-corrected chi connectivity index (χ0v) is 14.7. The molecule has 6 nitrogen and oxygen atoms in total. The summed E-state index contributed by atoms with van der Waals surface area (Å²) in [5, 5.41) is 17.7. The Kier molecular flexibility index (Phi) is 4.87. The predicted octanol–water partition coefficient (Wildman–Crippen LogP) is 2.58. The summed E-state index contributed by atoms with van der Waals surface area (Å²) < 4.78 is 14.2. The second-order valence-corrected chi connectivity index (χ2v) is 7.08. The van der Waals surface area contributed by atoms with E-state index in [1.54, 1.807) is 23.6 Å². The van der Waals surface area contributed by atoms with Crippen molar-refractivity contribution in [3.05, 3.63) is 65.5 Å². The van der Waals surface area contributed by atoms with Crippen LogP contribution in [0.4, 0.5) is 0 Å². The first-order chi connectivity index (χ1) is 12.0. The van der Waals surface area contributed by atoms with E-state index in [0.29, 0.717) is 11.1 Å². The molecule has 0 radical (unpaired) electrons. The molecule has 0 saturated carbocycles. The van der Waals surface area contributed by atoms with Crippen molar-refractivity contribution in [1.82, 2.24) is 14.8 Å². The van der Waals surface area contributed by atoms with E-state index in [0.717, 1.165) is 11.3 Å². The molecule has 0 saturated heterocycles. The van der Waals surface area contributed by atoms with Crippen LogP contribution >= 0.6 is 0 Å². The maximum absolute atomic E-state index is 12.6. The molecule has 0 aliphatic carbocycles. The highest BCUT2D eigenvalue weighted by molar-refractivity contribution is 7.92. The Balaban J connectivity index is 1.81. The number of carbonyl (C=O) groups excluding carboxylic acids is 1. The van der Waals surface area contributed by atoms with Crippen LogP contribution in [0.25, 0.3) is 5.69 Å². The van der Waals surface area contributed by atoms with E-state index in [1.807, 2.05) is 31.2 Å². The number of aromatic hydroxyl groups is 1. The number of hydrogen-bond acceptors (Lipinski definition) is 5. The molecule has 3 rings (SSSR count). The van der Waals surface area contributed by atoms with Crippen LogP contribution in [0.5, 0.6) is 5.75 Å². The Labute approximate surface area is 148 Å². The number of nitrogens with zero attached hydrogens (tertiary/aromatic N) is 3. The van der Waals surface area contributed by atoms with Gasteiger partial charge in [0.2, 0.25) is 5.78 Å². The SMILES string of the molecule is Cc1ccc(-n2cnnc2[S+]([O-])CC(=O)c2ccc(C)c(O)c2)cc1.